The van der Waals surface area contributed by atoms with Crippen molar-refractivity contribution in [1.29, 1.82) is 0 Å². The molecule has 7 atom stereocenters. The molecule has 0 spiro atoms. The lowest BCUT2D eigenvalue weighted by Crippen LogP contribution is -2.58. The fourth-order valence-electron chi connectivity index (χ4n) is 4.79. The van der Waals surface area contributed by atoms with Gasteiger partial charge in [-0.1, -0.05) is 12.1 Å². The van der Waals surface area contributed by atoms with Gasteiger partial charge in [0.1, 0.15) is 18.3 Å². The monoisotopic (exact) mass is 518 g/mol. The van der Waals surface area contributed by atoms with Crippen molar-refractivity contribution < 1.29 is 48.5 Å². The van der Waals surface area contributed by atoms with Crippen LogP contribution in [0.5, 0.6) is 23.0 Å². The number of carbonyl (C=O) groups excluding carboxylic acids is 1. The van der Waals surface area contributed by atoms with Gasteiger partial charge in [-0.05, 0) is 55.2 Å². The predicted molar refractivity (Wildman–Crippen MR) is 131 cm³/mol. The van der Waals surface area contributed by atoms with Crippen molar-refractivity contribution in [3.05, 3.63) is 47.5 Å². The third-order valence-corrected chi connectivity index (χ3v) is 6.99. The molecule has 0 bridgehead atoms. The summed E-state index contributed by atoms with van der Waals surface area (Å²) in [7, 11) is 4.65. The van der Waals surface area contributed by atoms with Crippen LogP contribution < -0.4 is 18.9 Å². The molecule has 202 valence electrons. The molecule has 0 saturated carbocycles. The summed E-state index contributed by atoms with van der Waals surface area (Å²) in [5.74, 6) is 1.34. The van der Waals surface area contributed by atoms with Crippen LogP contribution in [-0.2, 0) is 27.1 Å². The average molecular weight is 519 g/mol. The molecule has 2 heterocycles. The number of hydrogen-bond acceptors (Lipinski definition) is 10. The van der Waals surface area contributed by atoms with Crippen molar-refractivity contribution in [2.45, 2.75) is 50.5 Å². The number of hydrogen-bond donors (Lipinski definition) is 3. The van der Waals surface area contributed by atoms with E-state index in [2.05, 4.69) is 0 Å². The Bertz CT molecular complexity index is 1090. The van der Waals surface area contributed by atoms with E-state index in [0.29, 0.717) is 42.4 Å². The topological polar surface area (TPSA) is 133 Å². The predicted octanol–water partition coefficient (Wildman–Crippen LogP) is 1.49. The first-order valence-corrected chi connectivity index (χ1v) is 12.2. The van der Waals surface area contributed by atoms with Crippen LogP contribution in [0.3, 0.4) is 0 Å². The molecule has 4 rings (SSSR count). The molecule has 10 nitrogen and oxygen atoms in total. The molecule has 3 N–H and O–H groups in total. The molecule has 0 aromatic heterocycles. The Morgan fingerprint density at radius 2 is 1.41 bits per heavy atom. The Kier molecular flexibility index (Phi) is 8.43. The zero-order chi connectivity index (χ0) is 26.7. The Labute approximate surface area is 215 Å². The smallest absolute Gasteiger partial charge is 0.309 e. The number of aliphatic hydroxyl groups is 3. The van der Waals surface area contributed by atoms with Crippen LogP contribution in [0, 0.1) is 11.8 Å². The van der Waals surface area contributed by atoms with Crippen LogP contribution in [0.4, 0.5) is 0 Å². The molecule has 2 aromatic rings. The van der Waals surface area contributed by atoms with E-state index in [9.17, 15) is 20.1 Å². The van der Waals surface area contributed by atoms with Gasteiger partial charge in [0.05, 0.1) is 40.0 Å². The Morgan fingerprint density at radius 1 is 0.811 bits per heavy atom. The van der Waals surface area contributed by atoms with Crippen molar-refractivity contribution in [1.82, 2.24) is 0 Å². The second-order valence-electron chi connectivity index (χ2n) is 9.38. The fourth-order valence-corrected chi connectivity index (χ4v) is 4.79. The molecule has 10 heteroatoms. The number of cyclic esters (lactones) is 1. The van der Waals surface area contributed by atoms with E-state index in [0.717, 1.165) is 11.1 Å². The molecular formula is C27H34O10. The van der Waals surface area contributed by atoms with E-state index in [4.69, 9.17) is 28.4 Å². The lowest BCUT2D eigenvalue weighted by atomic mass is 9.85. The van der Waals surface area contributed by atoms with Crippen molar-refractivity contribution in [2.24, 2.45) is 11.8 Å². The van der Waals surface area contributed by atoms with Crippen molar-refractivity contribution >= 4 is 5.97 Å². The van der Waals surface area contributed by atoms with E-state index in [1.807, 2.05) is 18.2 Å². The summed E-state index contributed by atoms with van der Waals surface area (Å²) in [5, 5.41) is 30.2. The van der Waals surface area contributed by atoms with Crippen LogP contribution in [0.2, 0.25) is 0 Å². The van der Waals surface area contributed by atoms with E-state index < -0.39 is 30.7 Å². The number of aliphatic hydroxyl groups excluding tert-OH is 3. The summed E-state index contributed by atoms with van der Waals surface area (Å²) in [4.78, 5) is 12.6. The Hall–Kier alpha value is -3.05. The zero-order valence-corrected chi connectivity index (χ0v) is 21.3. The molecule has 2 saturated heterocycles. The Morgan fingerprint density at radius 3 is 2.05 bits per heavy atom. The second kappa shape index (κ2) is 11.6. The summed E-state index contributed by atoms with van der Waals surface area (Å²) in [6.45, 7) is 1.91. The second-order valence-corrected chi connectivity index (χ2v) is 9.38. The average Bonchev–Trinajstić information content (AvgIpc) is 3.24. The number of ether oxygens (including phenoxy) is 6. The van der Waals surface area contributed by atoms with Gasteiger partial charge in [0.15, 0.2) is 23.0 Å². The summed E-state index contributed by atoms with van der Waals surface area (Å²) < 4.78 is 32.9. The van der Waals surface area contributed by atoms with Crippen molar-refractivity contribution in [3.8, 4) is 23.0 Å². The third kappa shape index (κ3) is 5.77. The van der Waals surface area contributed by atoms with Crippen molar-refractivity contribution in [3.63, 3.8) is 0 Å². The van der Waals surface area contributed by atoms with E-state index >= 15 is 0 Å². The molecule has 2 aliphatic rings. The summed E-state index contributed by atoms with van der Waals surface area (Å²) in [6.07, 6.45) is -4.92. The largest absolute Gasteiger partial charge is 0.493 e. The maximum atomic E-state index is 12.6. The van der Waals surface area contributed by atoms with E-state index in [-0.39, 0.29) is 17.8 Å². The summed E-state index contributed by atoms with van der Waals surface area (Å²) in [6, 6.07) is 10.9. The molecule has 2 aliphatic heterocycles. The summed E-state index contributed by atoms with van der Waals surface area (Å²) >= 11 is 0. The maximum absolute atomic E-state index is 12.6. The molecule has 0 radical (unpaired) electrons. The standard InChI is InChI=1S/C27H34O10/c1-14-23(28)24(29)25(30)27(36-14)37-20-8-6-16(12-22(20)34-4)10-18-17(13-35-26(18)31)9-15-5-7-19(32-2)21(11-15)33-3/h5-8,11-12,14,17-18,23-25,27-30H,9-10,13H2,1-4H3/t14-,17-,18+,23-,24?,25+,27-/m0/s1. The SMILES string of the molecule is COc1ccc(C[C@H]2COC(=O)[C@@H]2Cc2ccc(O[C@@H]3O[C@@H](C)[C@H](O)C(O)[C@H]3O)c(OC)c2)cc1OC. The van der Waals surface area contributed by atoms with Gasteiger partial charge in [-0.2, -0.15) is 0 Å². The normalized spacial score (nSPS) is 29.5. The van der Waals surface area contributed by atoms with Gasteiger partial charge in [0, 0.05) is 5.92 Å². The molecule has 1 unspecified atom stereocenters. The quantitative estimate of drug-likeness (QED) is 0.419. The first-order chi connectivity index (χ1) is 17.7. The van der Waals surface area contributed by atoms with Crippen LogP contribution >= 0.6 is 0 Å². The number of carbonyl (C=O) groups is 1. The van der Waals surface area contributed by atoms with Gasteiger partial charge in [-0.25, -0.2) is 0 Å². The number of methoxy groups -OCH3 is 3. The molecular weight excluding hydrogens is 484 g/mol. The van der Waals surface area contributed by atoms with Crippen LogP contribution in [0.1, 0.15) is 18.1 Å². The molecule has 37 heavy (non-hydrogen) atoms. The third-order valence-electron chi connectivity index (χ3n) is 6.99. The number of rotatable bonds is 9. The zero-order valence-electron chi connectivity index (χ0n) is 21.3. The highest BCUT2D eigenvalue weighted by molar-refractivity contribution is 5.75. The lowest BCUT2D eigenvalue weighted by molar-refractivity contribution is -0.268. The minimum Gasteiger partial charge on any atom is -0.493 e. The van der Waals surface area contributed by atoms with E-state index in [1.165, 1.54) is 7.11 Å². The molecule has 0 aliphatic carbocycles. The van der Waals surface area contributed by atoms with Gasteiger partial charge < -0.3 is 43.7 Å². The lowest BCUT2D eigenvalue weighted by Gasteiger charge is -2.39. The van der Waals surface area contributed by atoms with Crippen LogP contribution in [0.25, 0.3) is 0 Å². The number of benzene rings is 2. The minimum atomic E-state index is -1.44. The van der Waals surface area contributed by atoms with E-state index in [1.54, 1.807) is 39.3 Å². The number of esters is 1. The molecule has 2 aromatic carbocycles. The fraction of sp³-hybridized carbons (Fsp3) is 0.519. The first-order valence-electron chi connectivity index (χ1n) is 12.2. The Balaban J connectivity index is 1.47. The highest BCUT2D eigenvalue weighted by Gasteiger charge is 2.43. The van der Waals surface area contributed by atoms with Crippen molar-refractivity contribution in [2.75, 3.05) is 27.9 Å². The molecule has 2 fully saturated rings. The van der Waals surface area contributed by atoms with Crippen LogP contribution in [0.15, 0.2) is 36.4 Å². The van der Waals surface area contributed by atoms with Gasteiger partial charge in [0.25, 0.3) is 0 Å². The van der Waals surface area contributed by atoms with Crippen LogP contribution in [-0.4, -0.2) is 79.9 Å². The van der Waals surface area contributed by atoms with Gasteiger partial charge >= 0.3 is 5.97 Å². The molecule has 0 amide bonds. The highest BCUT2D eigenvalue weighted by Crippen LogP contribution is 2.36. The van der Waals surface area contributed by atoms with Gasteiger partial charge in [-0.3, -0.25) is 4.79 Å². The minimum absolute atomic E-state index is 0.0206. The van der Waals surface area contributed by atoms with Gasteiger partial charge in [0.2, 0.25) is 6.29 Å². The maximum Gasteiger partial charge on any atom is 0.309 e. The highest BCUT2D eigenvalue weighted by atomic mass is 16.7. The summed E-state index contributed by atoms with van der Waals surface area (Å²) in [5.41, 5.74) is 1.86. The van der Waals surface area contributed by atoms with Gasteiger partial charge in [-0.15, -0.1) is 0 Å². The first kappa shape index (κ1) is 27.0.